The second kappa shape index (κ2) is 6.53. The summed E-state index contributed by atoms with van der Waals surface area (Å²) in [6.45, 7) is 3.64. The predicted octanol–water partition coefficient (Wildman–Crippen LogP) is 2.73. The Labute approximate surface area is 134 Å². The Kier molecular flexibility index (Phi) is 4.64. The summed E-state index contributed by atoms with van der Waals surface area (Å²) in [5.41, 5.74) is 0.295. The van der Waals surface area contributed by atoms with E-state index in [0.29, 0.717) is 26.2 Å². The van der Waals surface area contributed by atoms with Crippen LogP contribution in [0, 0.1) is 17.0 Å². The number of halogens is 2. The lowest BCUT2D eigenvalue weighted by Gasteiger charge is -2.31. The average Bonchev–Trinajstić information content (AvgIpc) is 2.91. The zero-order valence-electron chi connectivity index (χ0n) is 13.1. The van der Waals surface area contributed by atoms with Gasteiger partial charge in [-0.05, 0) is 32.3 Å². The summed E-state index contributed by atoms with van der Waals surface area (Å²) in [4.78, 5) is 12.4. The van der Waals surface area contributed by atoms with Crippen molar-refractivity contribution in [3.8, 4) is 0 Å². The molecule has 2 aliphatic heterocycles. The van der Waals surface area contributed by atoms with E-state index in [9.17, 15) is 13.6 Å². The molecule has 2 heterocycles. The molecule has 2 saturated heterocycles. The summed E-state index contributed by atoms with van der Waals surface area (Å²) in [6, 6.07) is 2.81. The molecular formula is C17H21F2NO3. The van der Waals surface area contributed by atoms with Crippen LogP contribution in [0.25, 0.3) is 0 Å². The molecule has 6 heteroatoms. The Balaban J connectivity index is 1.61. The van der Waals surface area contributed by atoms with Crippen LogP contribution in [-0.2, 0) is 14.3 Å². The van der Waals surface area contributed by atoms with Crippen LogP contribution in [0.3, 0.4) is 0 Å². The summed E-state index contributed by atoms with van der Waals surface area (Å²) in [5.74, 6) is -1.54. The lowest BCUT2D eigenvalue weighted by molar-refractivity contribution is -0.130. The van der Waals surface area contributed by atoms with Gasteiger partial charge in [0.2, 0.25) is 5.91 Å². The van der Waals surface area contributed by atoms with Gasteiger partial charge in [0, 0.05) is 30.3 Å². The van der Waals surface area contributed by atoms with Crippen molar-refractivity contribution < 1.29 is 23.0 Å². The molecule has 0 bridgehead atoms. The highest BCUT2D eigenvalue weighted by molar-refractivity contribution is 5.81. The van der Waals surface area contributed by atoms with Crippen LogP contribution in [-0.4, -0.2) is 31.8 Å². The maximum absolute atomic E-state index is 13.8. The minimum atomic E-state index is -0.661. The molecule has 0 radical (unpaired) electrons. The Morgan fingerprint density at radius 3 is 2.78 bits per heavy atom. The molecule has 3 rings (SSSR count). The summed E-state index contributed by atoms with van der Waals surface area (Å²) in [5, 5.41) is 2.76. The van der Waals surface area contributed by atoms with Crippen LogP contribution in [0.5, 0.6) is 0 Å². The van der Waals surface area contributed by atoms with E-state index in [4.69, 9.17) is 9.47 Å². The highest BCUT2D eigenvalue weighted by Gasteiger charge is 2.44. The van der Waals surface area contributed by atoms with Gasteiger partial charge in [-0.25, -0.2) is 8.78 Å². The van der Waals surface area contributed by atoms with Crippen molar-refractivity contribution in [1.82, 2.24) is 5.32 Å². The maximum Gasteiger partial charge on any atom is 0.249 e. The molecular weight excluding hydrogens is 304 g/mol. The van der Waals surface area contributed by atoms with E-state index in [-0.39, 0.29) is 16.9 Å². The van der Waals surface area contributed by atoms with Crippen LogP contribution >= 0.6 is 0 Å². The van der Waals surface area contributed by atoms with Gasteiger partial charge in [0.05, 0.1) is 12.6 Å². The minimum absolute atomic E-state index is 0.0324. The van der Waals surface area contributed by atoms with E-state index in [1.54, 1.807) is 6.92 Å². The second-order valence-corrected chi connectivity index (χ2v) is 6.51. The molecule has 2 fully saturated rings. The molecule has 4 nitrogen and oxygen atoms in total. The van der Waals surface area contributed by atoms with Crippen LogP contribution in [0.1, 0.15) is 37.8 Å². The minimum Gasteiger partial charge on any atom is -0.381 e. The molecule has 1 aromatic carbocycles. The SMILES string of the molecule is C[C@H](NC(=O)C1CC2(CCOCC2)CO1)c1ccc(F)cc1F. The predicted molar refractivity (Wildman–Crippen MR) is 79.8 cm³/mol. The zero-order chi connectivity index (χ0) is 16.4. The van der Waals surface area contributed by atoms with Gasteiger partial charge in [0.15, 0.2) is 0 Å². The van der Waals surface area contributed by atoms with Crippen molar-refractivity contribution in [1.29, 1.82) is 0 Å². The Morgan fingerprint density at radius 1 is 1.35 bits per heavy atom. The lowest BCUT2D eigenvalue weighted by Crippen LogP contribution is -2.37. The number of rotatable bonds is 3. The largest absolute Gasteiger partial charge is 0.381 e. The van der Waals surface area contributed by atoms with Crippen LogP contribution < -0.4 is 5.32 Å². The molecule has 2 aliphatic rings. The van der Waals surface area contributed by atoms with Gasteiger partial charge in [-0.1, -0.05) is 6.07 Å². The number of amides is 1. The van der Waals surface area contributed by atoms with E-state index in [2.05, 4.69) is 5.32 Å². The van der Waals surface area contributed by atoms with E-state index < -0.39 is 23.8 Å². The van der Waals surface area contributed by atoms with E-state index >= 15 is 0 Å². The summed E-state index contributed by atoms with van der Waals surface area (Å²) >= 11 is 0. The first-order chi connectivity index (χ1) is 11.0. The zero-order valence-corrected chi connectivity index (χ0v) is 13.1. The number of ether oxygens (including phenoxy) is 2. The van der Waals surface area contributed by atoms with Crippen LogP contribution in [0.15, 0.2) is 18.2 Å². The second-order valence-electron chi connectivity index (χ2n) is 6.51. The fourth-order valence-electron chi connectivity index (χ4n) is 3.35. The average molecular weight is 325 g/mol. The molecule has 1 aromatic rings. The molecule has 0 aliphatic carbocycles. The quantitative estimate of drug-likeness (QED) is 0.929. The molecule has 1 spiro atoms. The molecule has 2 atom stereocenters. The van der Waals surface area contributed by atoms with Crippen molar-refractivity contribution in [2.45, 2.75) is 38.3 Å². The number of benzene rings is 1. The van der Waals surface area contributed by atoms with Gasteiger partial charge >= 0.3 is 0 Å². The van der Waals surface area contributed by atoms with Gasteiger partial charge in [-0.3, -0.25) is 4.79 Å². The monoisotopic (exact) mass is 325 g/mol. The molecule has 1 amide bonds. The van der Waals surface area contributed by atoms with E-state index in [1.807, 2.05) is 0 Å². The summed E-state index contributed by atoms with van der Waals surface area (Å²) in [7, 11) is 0. The highest BCUT2D eigenvalue weighted by Crippen LogP contribution is 2.41. The fourth-order valence-corrected chi connectivity index (χ4v) is 3.35. The van der Waals surface area contributed by atoms with Gasteiger partial charge < -0.3 is 14.8 Å². The first-order valence-corrected chi connectivity index (χ1v) is 7.94. The standard InChI is InChI=1S/C17H21F2NO3/c1-11(13-3-2-12(18)8-14(13)19)20-16(21)15-9-17(10-23-15)4-6-22-7-5-17/h2-3,8,11,15H,4-7,9-10H2,1H3,(H,20,21)/t11-,15?/m0/s1. The smallest absolute Gasteiger partial charge is 0.249 e. The first-order valence-electron chi connectivity index (χ1n) is 7.94. The number of carbonyl (C=O) groups excluding carboxylic acids is 1. The molecule has 0 aromatic heterocycles. The molecule has 1 unspecified atom stereocenters. The summed E-state index contributed by atoms with van der Waals surface area (Å²) in [6.07, 6.45) is 1.96. The van der Waals surface area contributed by atoms with Gasteiger partial charge in [0.1, 0.15) is 17.7 Å². The Bertz CT molecular complexity index is 587. The van der Waals surface area contributed by atoms with Crippen molar-refractivity contribution >= 4 is 5.91 Å². The van der Waals surface area contributed by atoms with Crippen molar-refractivity contribution in [2.75, 3.05) is 19.8 Å². The van der Waals surface area contributed by atoms with Crippen LogP contribution in [0.2, 0.25) is 0 Å². The summed E-state index contributed by atoms with van der Waals surface area (Å²) < 4.78 is 37.8. The number of nitrogens with one attached hydrogen (secondary N) is 1. The first kappa shape index (κ1) is 16.3. The maximum atomic E-state index is 13.8. The van der Waals surface area contributed by atoms with Crippen LogP contribution in [0.4, 0.5) is 8.78 Å². The number of carbonyl (C=O) groups is 1. The van der Waals surface area contributed by atoms with Crippen molar-refractivity contribution in [3.05, 3.63) is 35.4 Å². The normalized spacial score (nSPS) is 24.6. The molecule has 23 heavy (non-hydrogen) atoms. The van der Waals surface area contributed by atoms with E-state index in [0.717, 1.165) is 18.9 Å². The third-order valence-electron chi connectivity index (χ3n) is 4.84. The van der Waals surface area contributed by atoms with Gasteiger partial charge in [-0.2, -0.15) is 0 Å². The lowest BCUT2D eigenvalue weighted by atomic mass is 9.78. The topological polar surface area (TPSA) is 47.6 Å². The third-order valence-corrected chi connectivity index (χ3v) is 4.84. The third kappa shape index (κ3) is 3.53. The molecule has 0 saturated carbocycles. The van der Waals surface area contributed by atoms with Crippen molar-refractivity contribution in [2.24, 2.45) is 5.41 Å². The van der Waals surface area contributed by atoms with Gasteiger partial charge in [0.25, 0.3) is 0 Å². The fraction of sp³-hybridized carbons (Fsp3) is 0.588. The number of hydrogen-bond donors (Lipinski definition) is 1. The Morgan fingerprint density at radius 2 is 2.09 bits per heavy atom. The molecule has 126 valence electrons. The van der Waals surface area contributed by atoms with Crippen molar-refractivity contribution in [3.63, 3.8) is 0 Å². The highest BCUT2D eigenvalue weighted by atomic mass is 19.1. The number of hydrogen-bond acceptors (Lipinski definition) is 3. The van der Waals surface area contributed by atoms with Gasteiger partial charge in [-0.15, -0.1) is 0 Å². The Hall–Kier alpha value is -1.53. The van der Waals surface area contributed by atoms with E-state index in [1.165, 1.54) is 12.1 Å². The molecule has 1 N–H and O–H groups in total.